The maximum atomic E-state index is 12.6. The van der Waals surface area contributed by atoms with Crippen LogP contribution in [0.25, 0.3) is 0 Å². The van der Waals surface area contributed by atoms with E-state index in [9.17, 15) is 18.0 Å². The van der Waals surface area contributed by atoms with Gasteiger partial charge in [-0.15, -0.1) is 0 Å². The lowest BCUT2D eigenvalue weighted by atomic mass is 10.0. The Morgan fingerprint density at radius 2 is 1.84 bits per heavy atom. The third-order valence-electron chi connectivity index (χ3n) is 4.38. The Kier molecular flexibility index (Phi) is 6.47. The average molecular weight is 356 g/mol. The van der Waals surface area contributed by atoms with E-state index in [-0.39, 0.29) is 5.91 Å². The van der Waals surface area contributed by atoms with Crippen LogP contribution in [-0.2, 0) is 15.8 Å². The van der Waals surface area contributed by atoms with Gasteiger partial charge in [0.25, 0.3) is 0 Å². The number of carbonyl (C=O) groups is 1. The first-order valence-electron chi connectivity index (χ1n) is 8.22. The first-order chi connectivity index (χ1) is 11.8. The first-order valence-corrected chi connectivity index (χ1v) is 8.22. The quantitative estimate of drug-likeness (QED) is 0.590. The summed E-state index contributed by atoms with van der Waals surface area (Å²) in [5.41, 5.74) is 1.47. The molecular formula is C18H23F3N2O2. The lowest BCUT2D eigenvalue weighted by Crippen LogP contribution is -2.30. The Hall–Kier alpha value is -2.02. The first kappa shape index (κ1) is 19.3. The molecule has 0 N–H and O–H groups in total. The highest BCUT2D eigenvalue weighted by Crippen LogP contribution is 2.31. The second-order valence-electron chi connectivity index (χ2n) is 6.01. The normalized spacial score (nSPS) is 15.2. The molecule has 7 heteroatoms. The van der Waals surface area contributed by atoms with E-state index >= 15 is 0 Å². The zero-order valence-electron chi connectivity index (χ0n) is 14.5. The number of hydrogen-bond acceptors (Lipinski definition) is 3. The number of benzene rings is 1. The number of hydrogen-bond donors (Lipinski definition) is 0. The van der Waals surface area contributed by atoms with Gasteiger partial charge in [0.05, 0.1) is 12.7 Å². The van der Waals surface area contributed by atoms with Crippen molar-refractivity contribution in [2.24, 2.45) is 0 Å². The SMILES string of the molecule is CON(C)C(=O)CCC=C1CCN(c2ccc(C(F)(F)F)cc2)CC1. The molecule has 1 aromatic carbocycles. The fraction of sp³-hybridized carbons (Fsp3) is 0.500. The van der Waals surface area contributed by atoms with Crippen molar-refractivity contribution in [1.82, 2.24) is 5.06 Å². The largest absolute Gasteiger partial charge is 0.416 e. The molecular weight excluding hydrogens is 333 g/mol. The molecule has 1 aliphatic rings. The van der Waals surface area contributed by atoms with E-state index in [1.54, 1.807) is 7.05 Å². The van der Waals surface area contributed by atoms with Gasteiger partial charge in [0.2, 0.25) is 5.91 Å². The molecule has 138 valence electrons. The molecule has 1 aromatic rings. The molecule has 0 radical (unpaired) electrons. The lowest BCUT2D eigenvalue weighted by Gasteiger charge is -2.30. The van der Waals surface area contributed by atoms with Crippen molar-refractivity contribution in [1.29, 1.82) is 0 Å². The number of nitrogens with zero attached hydrogens (tertiary/aromatic N) is 2. The fourth-order valence-electron chi connectivity index (χ4n) is 2.78. The van der Waals surface area contributed by atoms with Crippen LogP contribution < -0.4 is 4.90 Å². The highest BCUT2D eigenvalue weighted by atomic mass is 19.4. The van der Waals surface area contributed by atoms with Crippen LogP contribution in [0.2, 0.25) is 0 Å². The molecule has 4 nitrogen and oxygen atoms in total. The van der Waals surface area contributed by atoms with E-state index < -0.39 is 11.7 Å². The van der Waals surface area contributed by atoms with Crippen molar-refractivity contribution < 1.29 is 22.8 Å². The molecule has 0 bridgehead atoms. The number of anilines is 1. The van der Waals surface area contributed by atoms with Gasteiger partial charge >= 0.3 is 6.18 Å². The lowest BCUT2D eigenvalue weighted by molar-refractivity contribution is -0.168. The molecule has 0 unspecified atom stereocenters. The van der Waals surface area contributed by atoms with Gasteiger partial charge in [0, 0.05) is 32.2 Å². The van der Waals surface area contributed by atoms with Crippen LogP contribution in [0.15, 0.2) is 35.9 Å². The number of carbonyl (C=O) groups excluding carboxylic acids is 1. The van der Waals surface area contributed by atoms with Gasteiger partial charge < -0.3 is 4.90 Å². The topological polar surface area (TPSA) is 32.8 Å². The fourth-order valence-corrected chi connectivity index (χ4v) is 2.78. The zero-order chi connectivity index (χ0) is 18.4. The van der Waals surface area contributed by atoms with Crippen LogP contribution in [0.3, 0.4) is 0 Å². The zero-order valence-corrected chi connectivity index (χ0v) is 14.5. The summed E-state index contributed by atoms with van der Waals surface area (Å²) in [5.74, 6) is -0.0680. The highest BCUT2D eigenvalue weighted by molar-refractivity contribution is 5.74. The minimum Gasteiger partial charge on any atom is -0.371 e. The summed E-state index contributed by atoms with van der Waals surface area (Å²) in [5, 5.41) is 1.21. The van der Waals surface area contributed by atoms with Gasteiger partial charge in [0.1, 0.15) is 0 Å². The van der Waals surface area contributed by atoms with E-state index in [1.165, 1.54) is 29.9 Å². The second-order valence-corrected chi connectivity index (χ2v) is 6.01. The summed E-state index contributed by atoms with van der Waals surface area (Å²) in [7, 11) is 3.03. The third kappa shape index (κ3) is 5.49. The van der Waals surface area contributed by atoms with Crippen molar-refractivity contribution in [3.63, 3.8) is 0 Å². The molecule has 0 saturated carbocycles. The van der Waals surface area contributed by atoms with Crippen LogP contribution in [0.4, 0.5) is 18.9 Å². The Balaban J connectivity index is 1.83. The van der Waals surface area contributed by atoms with Crippen molar-refractivity contribution in [2.45, 2.75) is 31.9 Å². The van der Waals surface area contributed by atoms with E-state index in [1.807, 2.05) is 0 Å². The Morgan fingerprint density at radius 1 is 1.24 bits per heavy atom. The Bertz CT molecular complexity index is 602. The van der Waals surface area contributed by atoms with Crippen LogP contribution in [-0.4, -0.2) is 38.2 Å². The maximum absolute atomic E-state index is 12.6. The molecule has 0 aromatic heterocycles. The van der Waals surface area contributed by atoms with Crippen molar-refractivity contribution in [3.8, 4) is 0 Å². The number of halogens is 3. The number of alkyl halides is 3. The summed E-state index contributed by atoms with van der Waals surface area (Å²) in [6.07, 6.45) is 0.569. The highest BCUT2D eigenvalue weighted by Gasteiger charge is 2.30. The van der Waals surface area contributed by atoms with Crippen molar-refractivity contribution in [2.75, 3.05) is 32.1 Å². The maximum Gasteiger partial charge on any atom is 0.416 e. The molecule has 0 atom stereocenters. The summed E-state index contributed by atoms with van der Waals surface area (Å²) in [6, 6.07) is 5.30. The molecule has 1 fully saturated rings. The molecule has 1 aliphatic heterocycles. The summed E-state index contributed by atoms with van der Waals surface area (Å²) < 4.78 is 37.8. The number of rotatable bonds is 5. The van der Waals surface area contributed by atoms with Gasteiger partial charge in [-0.05, 0) is 43.5 Å². The van der Waals surface area contributed by atoms with E-state index in [0.717, 1.165) is 43.8 Å². The summed E-state index contributed by atoms with van der Waals surface area (Å²) in [4.78, 5) is 18.6. The molecule has 1 saturated heterocycles. The molecule has 25 heavy (non-hydrogen) atoms. The van der Waals surface area contributed by atoms with E-state index in [2.05, 4.69) is 11.0 Å². The van der Waals surface area contributed by atoms with Gasteiger partial charge in [-0.3, -0.25) is 9.63 Å². The minimum absolute atomic E-state index is 0.0680. The molecule has 0 aliphatic carbocycles. The smallest absolute Gasteiger partial charge is 0.371 e. The number of amides is 1. The standard InChI is InChI=1S/C18H23F3N2O2/c1-22(25-2)17(24)5-3-4-14-10-12-23(13-11-14)16-8-6-15(7-9-16)18(19,20)21/h4,6-9H,3,5,10-13H2,1-2H3. The van der Waals surface area contributed by atoms with Crippen molar-refractivity contribution >= 4 is 11.6 Å². The van der Waals surface area contributed by atoms with Crippen LogP contribution >= 0.6 is 0 Å². The van der Waals surface area contributed by atoms with Gasteiger partial charge in [-0.2, -0.15) is 13.2 Å². The molecule has 1 heterocycles. The Labute approximate surface area is 145 Å². The van der Waals surface area contributed by atoms with Crippen LogP contribution in [0, 0.1) is 0 Å². The minimum atomic E-state index is -4.30. The third-order valence-corrected chi connectivity index (χ3v) is 4.38. The second kappa shape index (κ2) is 8.38. The molecule has 1 amide bonds. The van der Waals surface area contributed by atoms with Gasteiger partial charge in [-0.25, -0.2) is 5.06 Å². The average Bonchev–Trinajstić information content (AvgIpc) is 2.61. The monoisotopic (exact) mass is 356 g/mol. The Morgan fingerprint density at radius 3 is 2.36 bits per heavy atom. The number of hydroxylamine groups is 2. The van der Waals surface area contributed by atoms with E-state index in [0.29, 0.717) is 12.8 Å². The summed E-state index contributed by atoms with van der Waals surface area (Å²) >= 11 is 0. The predicted molar refractivity (Wildman–Crippen MR) is 90.0 cm³/mol. The molecule has 0 spiro atoms. The number of piperidine rings is 1. The molecule has 2 rings (SSSR count). The van der Waals surface area contributed by atoms with Gasteiger partial charge in [0.15, 0.2) is 0 Å². The summed E-state index contributed by atoms with van der Waals surface area (Å²) in [6.45, 7) is 1.53. The van der Waals surface area contributed by atoms with Crippen LogP contribution in [0.5, 0.6) is 0 Å². The van der Waals surface area contributed by atoms with E-state index in [4.69, 9.17) is 4.84 Å². The van der Waals surface area contributed by atoms with Gasteiger partial charge in [-0.1, -0.05) is 11.6 Å². The number of allylic oxidation sites excluding steroid dienone is 1. The van der Waals surface area contributed by atoms with Crippen molar-refractivity contribution in [3.05, 3.63) is 41.5 Å². The van der Waals surface area contributed by atoms with Crippen LogP contribution in [0.1, 0.15) is 31.2 Å². The predicted octanol–water partition coefficient (Wildman–Crippen LogP) is 4.03.